The average molecular weight is 425 g/mol. The number of rotatable bonds is 4. The number of thioether (sulfide) groups is 1. The van der Waals surface area contributed by atoms with Gasteiger partial charge in [0.1, 0.15) is 0 Å². The second kappa shape index (κ2) is 7.40. The van der Waals surface area contributed by atoms with E-state index in [9.17, 15) is 9.59 Å². The molecule has 1 saturated heterocycles. The van der Waals surface area contributed by atoms with Crippen molar-refractivity contribution < 1.29 is 9.59 Å². The first kappa shape index (κ1) is 19.1. The third kappa shape index (κ3) is 3.57. The molecule has 6 rings (SSSR count). The van der Waals surface area contributed by atoms with E-state index < -0.39 is 0 Å². The first-order chi connectivity index (χ1) is 14.0. The highest BCUT2D eigenvalue weighted by molar-refractivity contribution is 8.26. The van der Waals surface area contributed by atoms with Gasteiger partial charge >= 0.3 is 0 Å². The van der Waals surface area contributed by atoms with E-state index in [1.807, 2.05) is 42.5 Å². The Morgan fingerprint density at radius 1 is 1.10 bits per heavy atom. The number of thiocarbonyl (C=S) groups is 1. The molecule has 4 bridgehead atoms. The van der Waals surface area contributed by atoms with Crippen LogP contribution in [0, 0.1) is 23.2 Å². The number of benzene rings is 1. The largest absolute Gasteiger partial charge is 0.285 e. The Morgan fingerprint density at radius 3 is 2.34 bits per heavy atom. The zero-order valence-corrected chi connectivity index (χ0v) is 17.8. The molecule has 0 radical (unpaired) electrons. The first-order valence-corrected chi connectivity index (χ1v) is 11.6. The molecule has 0 aromatic heterocycles. The van der Waals surface area contributed by atoms with Gasteiger partial charge in [-0.3, -0.25) is 15.0 Å². The van der Waals surface area contributed by atoms with Crippen LogP contribution in [0.15, 0.2) is 47.4 Å². The lowest BCUT2D eigenvalue weighted by molar-refractivity contribution is -0.152. The SMILES string of the molecule is O=C1/C(=C/C=C/c2ccccc2)SC(=S)N1NC(=O)C12CC3CC(CC(C3)C1)C2. The lowest BCUT2D eigenvalue weighted by Crippen LogP contribution is -2.57. The minimum atomic E-state index is -0.297. The van der Waals surface area contributed by atoms with Crippen LogP contribution in [0.1, 0.15) is 44.1 Å². The maximum atomic E-state index is 13.2. The van der Waals surface area contributed by atoms with Gasteiger partial charge in [-0.25, -0.2) is 0 Å². The fourth-order valence-corrected chi connectivity index (χ4v) is 7.13. The van der Waals surface area contributed by atoms with E-state index in [2.05, 4.69) is 5.43 Å². The molecule has 4 nitrogen and oxygen atoms in total. The lowest BCUT2D eigenvalue weighted by Gasteiger charge is -2.55. The summed E-state index contributed by atoms with van der Waals surface area (Å²) in [5, 5.41) is 1.28. The molecule has 1 N–H and O–H groups in total. The fourth-order valence-electron chi connectivity index (χ4n) is 6.00. The van der Waals surface area contributed by atoms with Crippen molar-refractivity contribution in [3.8, 4) is 0 Å². The molecule has 2 amide bonds. The Bertz CT molecular complexity index is 887. The van der Waals surface area contributed by atoms with E-state index in [1.165, 1.54) is 36.0 Å². The summed E-state index contributed by atoms with van der Waals surface area (Å²) in [6.45, 7) is 0. The van der Waals surface area contributed by atoms with Crippen molar-refractivity contribution >= 4 is 46.2 Å². The molecule has 0 unspecified atom stereocenters. The van der Waals surface area contributed by atoms with Gasteiger partial charge in [0.25, 0.3) is 5.91 Å². The molecule has 1 aromatic carbocycles. The van der Waals surface area contributed by atoms with Crippen molar-refractivity contribution in [1.82, 2.24) is 10.4 Å². The number of nitrogens with one attached hydrogen (secondary N) is 1. The molecule has 150 valence electrons. The number of hydrogen-bond acceptors (Lipinski definition) is 4. The molecule has 4 aliphatic carbocycles. The first-order valence-electron chi connectivity index (χ1n) is 10.3. The maximum absolute atomic E-state index is 13.2. The summed E-state index contributed by atoms with van der Waals surface area (Å²) in [6.07, 6.45) is 12.3. The second-order valence-electron chi connectivity index (χ2n) is 8.95. The number of carbonyl (C=O) groups is 2. The molecule has 4 saturated carbocycles. The van der Waals surface area contributed by atoms with Gasteiger partial charge < -0.3 is 0 Å². The van der Waals surface area contributed by atoms with Gasteiger partial charge in [-0.05, 0) is 80.1 Å². The zero-order valence-electron chi connectivity index (χ0n) is 16.2. The number of amides is 2. The minimum Gasteiger partial charge on any atom is -0.273 e. The van der Waals surface area contributed by atoms with Crippen LogP contribution >= 0.6 is 24.0 Å². The highest BCUT2D eigenvalue weighted by Crippen LogP contribution is 2.60. The molecule has 6 heteroatoms. The monoisotopic (exact) mass is 424 g/mol. The Balaban J connectivity index is 1.28. The fraction of sp³-hybridized carbons (Fsp3) is 0.435. The molecule has 29 heavy (non-hydrogen) atoms. The highest BCUT2D eigenvalue weighted by Gasteiger charge is 2.55. The summed E-state index contributed by atoms with van der Waals surface area (Å²) in [5.41, 5.74) is 3.66. The lowest BCUT2D eigenvalue weighted by atomic mass is 9.49. The summed E-state index contributed by atoms with van der Waals surface area (Å²) in [7, 11) is 0. The number of carbonyl (C=O) groups excluding carboxylic acids is 2. The van der Waals surface area contributed by atoms with Crippen molar-refractivity contribution in [2.75, 3.05) is 0 Å². The van der Waals surface area contributed by atoms with Crippen LogP contribution in [0.4, 0.5) is 0 Å². The Kier molecular flexibility index (Phi) is 4.87. The van der Waals surface area contributed by atoms with Crippen LogP contribution in [0.3, 0.4) is 0 Å². The van der Waals surface area contributed by atoms with Gasteiger partial charge in [0.15, 0.2) is 4.32 Å². The van der Waals surface area contributed by atoms with Crippen LogP contribution < -0.4 is 5.43 Å². The summed E-state index contributed by atoms with van der Waals surface area (Å²) in [4.78, 5) is 26.6. The number of hydrazine groups is 1. The summed E-state index contributed by atoms with van der Waals surface area (Å²) >= 11 is 6.63. The standard InChI is InChI=1S/C23H24N2O2S2/c26-20-19(8-4-7-15-5-2-1-3-6-15)29-22(28)25(20)24-21(27)23-12-16-9-17(13-23)11-18(10-16)14-23/h1-8,16-18H,9-14H2,(H,24,27)/b7-4+,19-8-. The third-order valence-electron chi connectivity index (χ3n) is 6.86. The van der Waals surface area contributed by atoms with Crippen LogP contribution in [0.25, 0.3) is 6.08 Å². The second-order valence-corrected chi connectivity index (χ2v) is 10.6. The van der Waals surface area contributed by atoms with E-state index in [4.69, 9.17) is 12.2 Å². The Labute approximate surface area is 180 Å². The predicted octanol–water partition coefficient (Wildman–Crippen LogP) is 4.69. The van der Waals surface area contributed by atoms with E-state index in [0.29, 0.717) is 27.0 Å². The van der Waals surface area contributed by atoms with E-state index in [-0.39, 0.29) is 17.2 Å². The van der Waals surface area contributed by atoms with Crippen molar-refractivity contribution in [2.24, 2.45) is 23.2 Å². The van der Waals surface area contributed by atoms with E-state index in [0.717, 1.165) is 24.8 Å². The highest BCUT2D eigenvalue weighted by atomic mass is 32.2. The molecule has 0 spiro atoms. The predicted molar refractivity (Wildman–Crippen MR) is 119 cm³/mol. The van der Waals surface area contributed by atoms with Crippen LogP contribution in [0.5, 0.6) is 0 Å². The summed E-state index contributed by atoms with van der Waals surface area (Å²) < 4.78 is 0.396. The minimum absolute atomic E-state index is 0.00558. The van der Waals surface area contributed by atoms with Gasteiger partial charge in [0.05, 0.1) is 10.3 Å². The maximum Gasteiger partial charge on any atom is 0.285 e. The molecule has 0 atom stereocenters. The zero-order chi connectivity index (χ0) is 20.0. The van der Waals surface area contributed by atoms with Gasteiger partial charge in [-0.15, -0.1) is 0 Å². The van der Waals surface area contributed by atoms with Crippen LogP contribution in [-0.2, 0) is 9.59 Å². The number of allylic oxidation sites excluding steroid dienone is 2. The molecule has 1 aromatic rings. The molecular formula is C23H24N2O2S2. The Hall–Kier alpha value is -1.92. The van der Waals surface area contributed by atoms with Crippen molar-refractivity contribution in [1.29, 1.82) is 0 Å². The average Bonchev–Trinajstić information content (AvgIpc) is 2.95. The number of hydrogen-bond donors (Lipinski definition) is 1. The van der Waals surface area contributed by atoms with E-state index >= 15 is 0 Å². The topological polar surface area (TPSA) is 49.4 Å². The molecule has 1 heterocycles. The summed E-state index contributed by atoms with van der Waals surface area (Å²) in [6, 6.07) is 9.91. The molecular weight excluding hydrogens is 400 g/mol. The molecule has 5 aliphatic rings. The number of nitrogens with zero attached hydrogens (tertiary/aromatic N) is 1. The third-order valence-corrected chi connectivity index (χ3v) is 8.18. The van der Waals surface area contributed by atoms with Crippen LogP contribution in [-0.4, -0.2) is 21.1 Å². The van der Waals surface area contributed by atoms with Crippen LogP contribution in [0.2, 0.25) is 0 Å². The van der Waals surface area contributed by atoms with E-state index in [1.54, 1.807) is 6.08 Å². The normalized spacial score (nSPS) is 34.6. The van der Waals surface area contributed by atoms with Gasteiger partial charge in [-0.2, -0.15) is 5.01 Å². The molecule has 5 fully saturated rings. The van der Waals surface area contributed by atoms with Gasteiger partial charge in [0, 0.05) is 0 Å². The quantitative estimate of drug-likeness (QED) is 0.563. The van der Waals surface area contributed by atoms with Gasteiger partial charge in [-0.1, -0.05) is 54.2 Å². The van der Waals surface area contributed by atoms with Crippen molar-refractivity contribution in [3.05, 3.63) is 53.0 Å². The van der Waals surface area contributed by atoms with Crippen molar-refractivity contribution in [2.45, 2.75) is 38.5 Å². The molecule has 1 aliphatic heterocycles. The Morgan fingerprint density at radius 2 is 1.72 bits per heavy atom. The van der Waals surface area contributed by atoms with Crippen molar-refractivity contribution in [3.63, 3.8) is 0 Å². The smallest absolute Gasteiger partial charge is 0.273 e. The van der Waals surface area contributed by atoms with Gasteiger partial charge in [0.2, 0.25) is 5.91 Å². The summed E-state index contributed by atoms with van der Waals surface area (Å²) in [5.74, 6) is 1.80.